The standard InChI is InChI=1S/C27H29ClN2O2/c1-3-29-27(32)25(17-21-7-5-4-6-8-21)30(19-23-11-9-20(2)10-12-23)26(31)18-22-13-15-24(28)16-14-22/h4-16,25H,3,17-19H2,1-2H3,(H,29,32)/t25-/m0/s1. The lowest BCUT2D eigenvalue weighted by molar-refractivity contribution is -0.140. The van der Waals surface area contributed by atoms with E-state index in [9.17, 15) is 9.59 Å². The number of amides is 2. The number of carbonyl (C=O) groups is 2. The molecule has 1 N–H and O–H groups in total. The summed E-state index contributed by atoms with van der Waals surface area (Å²) in [4.78, 5) is 28.3. The first-order valence-electron chi connectivity index (χ1n) is 10.9. The van der Waals surface area contributed by atoms with Gasteiger partial charge in [-0.1, -0.05) is 83.9 Å². The smallest absolute Gasteiger partial charge is 0.243 e. The van der Waals surface area contributed by atoms with Gasteiger partial charge in [0.1, 0.15) is 6.04 Å². The number of rotatable bonds is 9. The van der Waals surface area contributed by atoms with Crippen molar-refractivity contribution in [2.45, 2.75) is 39.3 Å². The van der Waals surface area contributed by atoms with Crippen LogP contribution in [0.4, 0.5) is 0 Å². The van der Waals surface area contributed by atoms with Crippen LogP contribution in [0.15, 0.2) is 78.9 Å². The first-order valence-corrected chi connectivity index (χ1v) is 11.2. The van der Waals surface area contributed by atoms with E-state index in [1.807, 2.05) is 80.6 Å². The highest BCUT2D eigenvalue weighted by Gasteiger charge is 2.30. The van der Waals surface area contributed by atoms with Crippen molar-refractivity contribution in [1.82, 2.24) is 10.2 Å². The van der Waals surface area contributed by atoms with Gasteiger partial charge in [-0.25, -0.2) is 0 Å². The fraction of sp³-hybridized carbons (Fsp3) is 0.259. The second-order valence-corrected chi connectivity index (χ2v) is 8.35. The zero-order valence-corrected chi connectivity index (χ0v) is 19.3. The zero-order valence-electron chi connectivity index (χ0n) is 18.6. The normalized spacial score (nSPS) is 11.6. The molecule has 0 saturated carbocycles. The summed E-state index contributed by atoms with van der Waals surface area (Å²) in [6, 6.07) is 24.5. The second-order valence-electron chi connectivity index (χ2n) is 7.91. The summed E-state index contributed by atoms with van der Waals surface area (Å²) in [6.07, 6.45) is 0.651. The van der Waals surface area contributed by atoms with Crippen LogP contribution in [0.2, 0.25) is 5.02 Å². The van der Waals surface area contributed by atoms with Crippen LogP contribution < -0.4 is 5.32 Å². The molecule has 0 heterocycles. The third-order valence-electron chi connectivity index (χ3n) is 5.36. The van der Waals surface area contributed by atoms with Crippen molar-refractivity contribution in [2.75, 3.05) is 6.54 Å². The van der Waals surface area contributed by atoms with Crippen molar-refractivity contribution in [2.24, 2.45) is 0 Å². The molecule has 3 aromatic carbocycles. The van der Waals surface area contributed by atoms with E-state index in [2.05, 4.69) is 5.32 Å². The van der Waals surface area contributed by atoms with Gasteiger partial charge >= 0.3 is 0 Å². The van der Waals surface area contributed by atoms with Crippen LogP contribution in [0.3, 0.4) is 0 Å². The molecule has 3 aromatic rings. The average molecular weight is 449 g/mol. The lowest BCUT2D eigenvalue weighted by Crippen LogP contribution is -2.50. The van der Waals surface area contributed by atoms with Gasteiger partial charge in [-0.2, -0.15) is 0 Å². The summed E-state index contributed by atoms with van der Waals surface area (Å²) in [5.41, 5.74) is 4.01. The Labute approximate surface area is 195 Å². The van der Waals surface area contributed by atoms with Crippen molar-refractivity contribution in [3.05, 3.63) is 106 Å². The molecule has 0 bridgehead atoms. The molecular formula is C27H29ClN2O2. The van der Waals surface area contributed by atoms with E-state index >= 15 is 0 Å². The van der Waals surface area contributed by atoms with Gasteiger partial charge in [-0.15, -0.1) is 0 Å². The third-order valence-corrected chi connectivity index (χ3v) is 5.62. The number of nitrogens with zero attached hydrogens (tertiary/aromatic N) is 1. The van der Waals surface area contributed by atoms with Gasteiger partial charge in [0.05, 0.1) is 6.42 Å². The Hall–Kier alpha value is -3.11. The quantitative estimate of drug-likeness (QED) is 0.502. The lowest BCUT2D eigenvalue weighted by atomic mass is 10.0. The number of hydrogen-bond acceptors (Lipinski definition) is 2. The van der Waals surface area contributed by atoms with Crippen LogP contribution >= 0.6 is 11.6 Å². The number of likely N-dealkylation sites (N-methyl/N-ethyl adjacent to an activating group) is 1. The number of nitrogens with one attached hydrogen (secondary N) is 1. The summed E-state index contributed by atoms with van der Waals surface area (Å²) in [6.45, 7) is 4.78. The summed E-state index contributed by atoms with van der Waals surface area (Å²) in [7, 11) is 0. The highest BCUT2D eigenvalue weighted by atomic mass is 35.5. The molecule has 166 valence electrons. The van der Waals surface area contributed by atoms with Gasteiger partial charge in [0, 0.05) is 24.5 Å². The molecule has 0 unspecified atom stereocenters. The van der Waals surface area contributed by atoms with Crippen molar-refractivity contribution in [3.8, 4) is 0 Å². The van der Waals surface area contributed by atoms with Gasteiger partial charge in [-0.3, -0.25) is 9.59 Å². The van der Waals surface area contributed by atoms with Gasteiger partial charge in [0.25, 0.3) is 0 Å². The predicted octanol–water partition coefficient (Wildman–Crippen LogP) is 4.97. The summed E-state index contributed by atoms with van der Waals surface area (Å²) >= 11 is 6.00. The fourth-order valence-electron chi connectivity index (χ4n) is 3.61. The second kappa shape index (κ2) is 11.5. The van der Waals surface area contributed by atoms with E-state index < -0.39 is 6.04 Å². The van der Waals surface area contributed by atoms with Crippen molar-refractivity contribution in [3.63, 3.8) is 0 Å². The molecule has 4 nitrogen and oxygen atoms in total. The van der Waals surface area contributed by atoms with Gasteiger partial charge < -0.3 is 10.2 Å². The van der Waals surface area contributed by atoms with E-state index in [1.54, 1.807) is 17.0 Å². The van der Waals surface area contributed by atoms with Crippen molar-refractivity contribution >= 4 is 23.4 Å². The van der Waals surface area contributed by atoms with Crippen LogP contribution in [0.25, 0.3) is 0 Å². The van der Waals surface area contributed by atoms with Crippen LogP contribution in [0, 0.1) is 6.92 Å². The summed E-state index contributed by atoms with van der Waals surface area (Å²) in [5.74, 6) is -0.243. The number of aryl methyl sites for hydroxylation is 1. The monoisotopic (exact) mass is 448 g/mol. The molecule has 5 heteroatoms. The van der Waals surface area contributed by atoms with E-state index in [4.69, 9.17) is 11.6 Å². The third kappa shape index (κ3) is 6.69. The molecule has 1 atom stereocenters. The van der Waals surface area contributed by atoms with E-state index in [0.717, 1.165) is 22.3 Å². The van der Waals surface area contributed by atoms with Gasteiger partial charge in [0.15, 0.2) is 0 Å². The average Bonchev–Trinajstić information content (AvgIpc) is 2.79. The first-order chi connectivity index (χ1) is 15.5. The van der Waals surface area contributed by atoms with Crippen LogP contribution in [0.5, 0.6) is 0 Å². The first kappa shape index (κ1) is 23.6. The van der Waals surface area contributed by atoms with Crippen LogP contribution in [-0.2, 0) is 29.0 Å². The van der Waals surface area contributed by atoms with E-state index in [0.29, 0.717) is 24.5 Å². The molecule has 0 aromatic heterocycles. The Morgan fingerprint density at radius 1 is 0.875 bits per heavy atom. The van der Waals surface area contributed by atoms with E-state index in [1.165, 1.54) is 0 Å². The maximum atomic E-state index is 13.5. The summed E-state index contributed by atoms with van der Waals surface area (Å²) in [5, 5.41) is 3.54. The van der Waals surface area contributed by atoms with Crippen molar-refractivity contribution < 1.29 is 9.59 Å². The SMILES string of the molecule is CCNC(=O)[C@H](Cc1ccccc1)N(Cc1ccc(C)cc1)C(=O)Cc1ccc(Cl)cc1. The van der Waals surface area contributed by atoms with Crippen molar-refractivity contribution in [1.29, 1.82) is 0 Å². The molecule has 0 aliphatic rings. The minimum atomic E-state index is -0.613. The Balaban J connectivity index is 1.93. The maximum absolute atomic E-state index is 13.5. The molecule has 0 aliphatic heterocycles. The number of halogens is 1. The molecule has 0 spiro atoms. The minimum absolute atomic E-state index is 0.0971. The van der Waals surface area contributed by atoms with E-state index in [-0.39, 0.29) is 18.2 Å². The topological polar surface area (TPSA) is 49.4 Å². The van der Waals surface area contributed by atoms with Gasteiger partial charge in [-0.05, 0) is 42.7 Å². The minimum Gasteiger partial charge on any atom is -0.355 e. The van der Waals surface area contributed by atoms with Gasteiger partial charge in [0.2, 0.25) is 11.8 Å². The largest absolute Gasteiger partial charge is 0.355 e. The molecule has 3 rings (SSSR count). The highest BCUT2D eigenvalue weighted by molar-refractivity contribution is 6.30. The lowest BCUT2D eigenvalue weighted by Gasteiger charge is -2.31. The number of benzene rings is 3. The Bertz CT molecular complexity index is 1020. The molecule has 2 amide bonds. The molecular weight excluding hydrogens is 420 g/mol. The summed E-state index contributed by atoms with van der Waals surface area (Å²) < 4.78 is 0. The Morgan fingerprint density at radius 2 is 1.50 bits per heavy atom. The molecule has 32 heavy (non-hydrogen) atoms. The fourth-order valence-corrected chi connectivity index (χ4v) is 3.74. The predicted molar refractivity (Wildman–Crippen MR) is 130 cm³/mol. The Kier molecular flexibility index (Phi) is 8.46. The Morgan fingerprint density at radius 3 is 2.12 bits per heavy atom. The van der Waals surface area contributed by atoms with Crippen LogP contribution in [0.1, 0.15) is 29.2 Å². The highest BCUT2D eigenvalue weighted by Crippen LogP contribution is 2.18. The van der Waals surface area contributed by atoms with Crippen LogP contribution in [-0.4, -0.2) is 29.3 Å². The number of carbonyl (C=O) groups excluding carboxylic acids is 2. The molecule has 0 radical (unpaired) electrons. The zero-order chi connectivity index (χ0) is 22.9. The molecule has 0 aliphatic carbocycles. The molecule has 0 fully saturated rings. The molecule has 0 saturated heterocycles. The number of hydrogen-bond donors (Lipinski definition) is 1. The maximum Gasteiger partial charge on any atom is 0.243 e.